The molecule has 2 heterocycles. The first kappa shape index (κ1) is 34.4. The van der Waals surface area contributed by atoms with Gasteiger partial charge in [-0.1, -0.05) is 194 Å². The van der Waals surface area contributed by atoms with Crippen LogP contribution in [0.3, 0.4) is 0 Å². The highest BCUT2D eigenvalue weighted by Crippen LogP contribution is 2.36. The average Bonchev–Trinajstić information content (AvgIpc) is 3.32. The predicted octanol–water partition coefficient (Wildman–Crippen LogP) is 12.1. The molecule has 6 nitrogen and oxygen atoms in total. The van der Waals surface area contributed by atoms with Crippen LogP contribution < -0.4 is 0 Å². The molecule has 0 unspecified atom stereocenters. The lowest BCUT2D eigenvalue weighted by molar-refractivity contribution is 1.07. The third kappa shape index (κ3) is 6.85. The summed E-state index contributed by atoms with van der Waals surface area (Å²) in [6, 6.07) is 71.8. The van der Waals surface area contributed by atoms with Gasteiger partial charge in [0.15, 0.2) is 34.9 Å². The maximum absolute atomic E-state index is 4.92. The van der Waals surface area contributed by atoms with Crippen molar-refractivity contribution in [2.45, 2.75) is 0 Å². The minimum absolute atomic E-state index is 0.557. The number of nitrogens with zero attached hydrogens (tertiary/aromatic N) is 6. The Kier molecular flexibility index (Phi) is 8.99. The van der Waals surface area contributed by atoms with E-state index >= 15 is 0 Å². The Labute approximate surface area is 336 Å². The van der Waals surface area contributed by atoms with E-state index in [1.807, 2.05) is 109 Å². The summed E-state index contributed by atoms with van der Waals surface area (Å²) >= 11 is 0. The number of hydrogen-bond donors (Lipinski definition) is 0. The van der Waals surface area contributed by atoms with Gasteiger partial charge in [-0.2, -0.15) is 0 Å². The van der Waals surface area contributed by atoms with E-state index in [1.165, 1.54) is 10.8 Å². The molecule has 8 aromatic carbocycles. The molecule has 270 valence electrons. The van der Waals surface area contributed by atoms with Gasteiger partial charge < -0.3 is 0 Å². The van der Waals surface area contributed by atoms with Crippen LogP contribution in [0.2, 0.25) is 0 Å². The van der Waals surface area contributed by atoms with Gasteiger partial charge in [0.25, 0.3) is 0 Å². The Morgan fingerprint density at radius 1 is 0.259 bits per heavy atom. The van der Waals surface area contributed by atoms with Crippen LogP contribution in [-0.2, 0) is 0 Å². The van der Waals surface area contributed by atoms with Gasteiger partial charge in [-0.3, -0.25) is 0 Å². The lowest BCUT2D eigenvalue weighted by Gasteiger charge is -2.13. The highest BCUT2D eigenvalue weighted by Gasteiger charge is 2.15. The molecule has 0 aliphatic carbocycles. The Morgan fingerprint density at radius 3 is 0.966 bits per heavy atom. The minimum atomic E-state index is 0.557. The summed E-state index contributed by atoms with van der Waals surface area (Å²) in [5, 5.41) is 2.33. The third-order valence-corrected chi connectivity index (χ3v) is 10.1. The Hall–Kier alpha value is -8.14. The van der Waals surface area contributed by atoms with Crippen LogP contribution in [0.5, 0.6) is 0 Å². The van der Waals surface area contributed by atoms with Gasteiger partial charge in [0, 0.05) is 27.8 Å². The molecule has 0 bridgehead atoms. The molecule has 0 fully saturated rings. The van der Waals surface area contributed by atoms with Crippen molar-refractivity contribution >= 4 is 10.8 Å². The van der Waals surface area contributed by atoms with Crippen LogP contribution in [0.15, 0.2) is 194 Å². The summed E-state index contributed by atoms with van der Waals surface area (Å²) in [5.74, 6) is 3.68. The first-order chi connectivity index (χ1) is 28.7. The van der Waals surface area contributed by atoms with Crippen molar-refractivity contribution in [2.75, 3.05) is 0 Å². The summed E-state index contributed by atoms with van der Waals surface area (Å²) in [7, 11) is 0. The summed E-state index contributed by atoms with van der Waals surface area (Å²) in [6.45, 7) is 0. The zero-order valence-electron chi connectivity index (χ0n) is 31.2. The maximum Gasteiger partial charge on any atom is 0.172 e. The molecule has 10 aromatic rings. The van der Waals surface area contributed by atoms with E-state index in [0.717, 1.165) is 55.6 Å². The van der Waals surface area contributed by atoms with Gasteiger partial charge in [-0.25, -0.2) is 29.9 Å². The largest absolute Gasteiger partial charge is 0.208 e. The van der Waals surface area contributed by atoms with Crippen LogP contribution in [-0.4, -0.2) is 29.9 Å². The number of rotatable bonds is 8. The van der Waals surface area contributed by atoms with Gasteiger partial charge in [0.05, 0.1) is 5.56 Å². The van der Waals surface area contributed by atoms with Crippen molar-refractivity contribution in [3.8, 4) is 90.6 Å². The van der Waals surface area contributed by atoms with E-state index in [9.17, 15) is 0 Å². The molecule has 0 spiro atoms. The summed E-state index contributed by atoms with van der Waals surface area (Å²) in [5.41, 5.74) is 9.89. The van der Waals surface area contributed by atoms with Crippen molar-refractivity contribution in [3.05, 3.63) is 206 Å². The minimum Gasteiger partial charge on any atom is -0.208 e. The van der Waals surface area contributed by atoms with Gasteiger partial charge in [0.1, 0.15) is 0 Å². The highest BCUT2D eigenvalue weighted by atomic mass is 15.0. The van der Waals surface area contributed by atoms with Crippen molar-refractivity contribution in [3.63, 3.8) is 0 Å². The van der Waals surface area contributed by atoms with Crippen molar-refractivity contribution < 1.29 is 0 Å². The maximum atomic E-state index is 4.92. The van der Waals surface area contributed by atoms with E-state index in [-0.39, 0.29) is 0 Å². The standard InChI is InChI=1S/C52H32N6/c1-5-15-37(16-6-1)47-53-48(38-17-7-2-8-18-38)56-51(55-47)41-31-27-35(28-32-41)43-23-13-26-46-44(24-14-25-45(43)46)36-29-33-42(34-30-36)52-57-49(39-19-9-3-10-20-39)54-50(58-52)40-21-11-4-12-22-40/h1-11,13-21,23-34H. The predicted molar refractivity (Wildman–Crippen MR) is 232 cm³/mol. The lowest BCUT2D eigenvalue weighted by Crippen LogP contribution is -2.00. The van der Waals surface area contributed by atoms with E-state index in [1.54, 1.807) is 0 Å². The van der Waals surface area contributed by atoms with E-state index < -0.39 is 0 Å². The monoisotopic (exact) mass is 740 g/mol. The Morgan fingerprint density at radius 2 is 0.603 bits per heavy atom. The van der Waals surface area contributed by atoms with Gasteiger partial charge in [-0.05, 0) is 45.2 Å². The van der Waals surface area contributed by atoms with Crippen molar-refractivity contribution in [1.29, 1.82) is 0 Å². The second kappa shape index (κ2) is 15.2. The second-order valence-corrected chi connectivity index (χ2v) is 13.8. The number of aromatic nitrogens is 6. The fourth-order valence-electron chi connectivity index (χ4n) is 7.17. The molecule has 0 aliphatic rings. The highest BCUT2D eigenvalue weighted by molar-refractivity contribution is 6.04. The van der Waals surface area contributed by atoms with Crippen molar-refractivity contribution in [2.24, 2.45) is 0 Å². The second-order valence-electron chi connectivity index (χ2n) is 13.8. The first-order valence-corrected chi connectivity index (χ1v) is 19.0. The van der Waals surface area contributed by atoms with Gasteiger partial charge in [-0.15, -0.1) is 0 Å². The quantitative estimate of drug-likeness (QED) is 0.154. The lowest BCUT2D eigenvalue weighted by atomic mass is 9.92. The molecule has 0 aliphatic heterocycles. The van der Waals surface area contributed by atoms with Crippen LogP contribution in [0.25, 0.3) is 101 Å². The fourth-order valence-corrected chi connectivity index (χ4v) is 7.17. The molecule has 0 saturated heterocycles. The topological polar surface area (TPSA) is 77.3 Å². The zero-order valence-corrected chi connectivity index (χ0v) is 31.2. The molecule has 0 atom stereocenters. The van der Waals surface area contributed by atoms with Crippen LogP contribution >= 0.6 is 0 Å². The van der Waals surface area contributed by atoms with Crippen LogP contribution in [0.4, 0.5) is 0 Å². The smallest absolute Gasteiger partial charge is 0.172 e. The van der Waals surface area contributed by atoms with E-state index in [2.05, 4.69) is 97.1 Å². The molecule has 0 radical (unpaired) electrons. The molecule has 0 N–H and O–H groups in total. The van der Waals surface area contributed by atoms with Gasteiger partial charge in [0.2, 0.25) is 0 Å². The molecule has 2 aromatic heterocycles. The number of hydrogen-bond acceptors (Lipinski definition) is 6. The molecule has 58 heavy (non-hydrogen) atoms. The van der Waals surface area contributed by atoms with Crippen molar-refractivity contribution in [1.82, 2.24) is 29.9 Å². The zero-order chi connectivity index (χ0) is 38.7. The molecular weight excluding hydrogens is 709 g/mol. The fraction of sp³-hybridized carbons (Fsp3) is 0. The molecular formula is C52H32N6. The summed E-state index contributed by atoms with van der Waals surface area (Å²) in [4.78, 5) is 29.3. The Bertz CT molecular complexity index is 2680. The number of benzene rings is 7. The van der Waals surface area contributed by atoms with Gasteiger partial charge >= 0.3 is 0 Å². The SMILES string of the molecule is c1cccc(-c2nc(-c3ccccc3)nc(-c3ccc(-c4cccc5c(-c6ccc(-c7nc(-c8ccccc8)nc(-c8ccccc8)n7)cc6)cccc45)cc3)n2)c#1. The molecule has 6 heteroatoms. The normalized spacial score (nSPS) is 11.0. The number of fused-ring (bicyclic) bond motifs is 1. The first-order valence-electron chi connectivity index (χ1n) is 19.0. The molecule has 0 amide bonds. The van der Waals surface area contributed by atoms with E-state index in [0.29, 0.717) is 34.9 Å². The van der Waals surface area contributed by atoms with Crippen LogP contribution in [0.1, 0.15) is 0 Å². The van der Waals surface area contributed by atoms with E-state index in [4.69, 9.17) is 29.9 Å². The molecule has 10 rings (SSSR count). The third-order valence-electron chi connectivity index (χ3n) is 10.1. The van der Waals surface area contributed by atoms with Crippen LogP contribution in [0, 0.1) is 12.1 Å². The Balaban J connectivity index is 0.982. The molecule has 0 saturated carbocycles. The summed E-state index contributed by atoms with van der Waals surface area (Å²) < 4.78 is 0. The average molecular weight is 741 g/mol. The summed E-state index contributed by atoms with van der Waals surface area (Å²) in [6.07, 6.45) is 0.